The van der Waals surface area contributed by atoms with Crippen molar-refractivity contribution >= 4 is 0 Å². The van der Waals surface area contributed by atoms with Gasteiger partial charge in [-0.1, -0.05) is 18.1 Å². The average molecular weight is 284 g/mol. The smallest absolute Gasteiger partial charge is 0.258 e. The summed E-state index contributed by atoms with van der Waals surface area (Å²) in [5.41, 5.74) is 1.31. The summed E-state index contributed by atoms with van der Waals surface area (Å²) >= 11 is 0. The largest absolute Gasteiger partial charge is 0.367 e. The van der Waals surface area contributed by atoms with Gasteiger partial charge in [0.05, 0.1) is 18.2 Å². The fraction of sp³-hybridized carbons (Fsp3) is 0.400. The highest BCUT2D eigenvalue weighted by atomic mass is 16.5. The van der Waals surface area contributed by atoms with Gasteiger partial charge in [-0.25, -0.2) is 0 Å². The number of ether oxygens (including phenoxy) is 1. The Morgan fingerprint density at radius 3 is 3.19 bits per heavy atom. The third-order valence-electron chi connectivity index (χ3n) is 3.57. The first-order valence-corrected chi connectivity index (χ1v) is 6.98. The Morgan fingerprint density at radius 2 is 2.38 bits per heavy atom. The maximum atomic E-state index is 8.93. The standard InChI is InChI=1S/C15H16N4O2/c1-2-19-6-7-20-13(10-19)14-17-15(21-18-14)12-5-3-4-11(8-12)9-16/h3-5,8,13H,2,6-7,10H2,1H3. The van der Waals surface area contributed by atoms with Gasteiger partial charge in [0, 0.05) is 18.7 Å². The van der Waals surface area contributed by atoms with Crippen LogP contribution in [0.25, 0.3) is 11.5 Å². The number of hydrogen-bond donors (Lipinski definition) is 0. The van der Waals surface area contributed by atoms with E-state index in [0.717, 1.165) is 25.2 Å². The summed E-state index contributed by atoms with van der Waals surface area (Å²) in [6.45, 7) is 5.48. The van der Waals surface area contributed by atoms with Gasteiger partial charge >= 0.3 is 0 Å². The van der Waals surface area contributed by atoms with Crippen molar-refractivity contribution in [1.82, 2.24) is 15.0 Å². The molecule has 0 radical (unpaired) electrons. The fourth-order valence-electron chi connectivity index (χ4n) is 2.35. The monoisotopic (exact) mass is 284 g/mol. The van der Waals surface area contributed by atoms with E-state index in [9.17, 15) is 0 Å². The highest BCUT2D eigenvalue weighted by molar-refractivity contribution is 5.55. The summed E-state index contributed by atoms with van der Waals surface area (Å²) in [7, 11) is 0. The number of likely N-dealkylation sites (N-methyl/N-ethyl adjacent to an activating group) is 1. The molecule has 2 heterocycles. The van der Waals surface area contributed by atoms with Crippen LogP contribution in [0.3, 0.4) is 0 Å². The third-order valence-corrected chi connectivity index (χ3v) is 3.57. The van der Waals surface area contributed by atoms with E-state index in [1.54, 1.807) is 18.2 Å². The summed E-state index contributed by atoms with van der Waals surface area (Å²) < 4.78 is 11.0. The molecule has 1 saturated heterocycles. The molecular formula is C15H16N4O2. The molecule has 3 rings (SSSR count). The fourth-order valence-corrected chi connectivity index (χ4v) is 2.35. The second-order valence-corrected chi connectivity index (χ2v) is 4.90. The van der Waals surface area contributed by atoms with Gasteiger partial charge in [-0.15, -0.1) is 0 Å². The molecule has 1 fully saturated rings. The van der Waals surface area contributed by atoms with Crippen molar-refractivity contribution in [3.05, 3.63) is 35.7 Å². The number of nitriles is 1. The van der Waals surface area contributed by atoms with E-state index in [-0.39, 0.29) is 6.10 Å². The lowest BCUT2D eigenvalue weighted by Gasteiger charge is -2.30. The van der Waals surface area contributed by atoms with Crippen LogP contribution >= 0.6 is 0 Å². The summed E-state index contributed by atoms with van der Waals surface area (Å²) in [6.07, 6.45) is -0.157. The van der Waals surface area contributed by atoms with Crippen molar-refractivity contribution in [2.24, 2.45) is 0 Å². The molecule has 1 aliphatic heterocycles. The molecule has 0 N–H and O–H groups in total. The third kappa shape index (κ3) is 2.94. The lowest BCUT2D eigenvalue weighted by Crippen LogP contribution is -2.38. The maximum Gasteiger partial charge on any atom is 0.258 e. The average Bonchev–Trinajstić information content (AvgIpc) is 3.05. The number of nitrogens with zero attached hydrogens (tertiary/aromatic N) is 4. The predicted molar refractivity (Wildman–Crippen MR) is 75.3 cm³/mol. The van der Waals surface area contributed by atoms with Crippen LogP contribution in [0.4, 0.5) is 0 Å². The van der Waals surface area contributed by atoms with Gasteiger partial charge in [0.2, 0.25) is 5.82 Å². The molecule has 0 saturated carbocycles. The van der Waals surface area contributed by atoms with Crippen molar-refractivity contribution in [3.63, 3.8) is 0 Å². The summed E-state index contributed by atoms with van der Waals surface area (Å²) in [4.78, 5) is 6.70. The van der Waals surface area contributed by atoms with Crippen molar-refractivity contribution in [2.75, 3.05) is 26.2 Å². The summed E-state index contributed by atoms with van der Waals surface area (Å²) in [5, 5.41) is 13.0. The second kappa shape index (κ2) is 6.04. The summed E-state index contributed by atoms with van der Waals surface area (Å²) in [5.74, 6) is 0.977. The molecule has 6 heteroatoms. The van der Waals surface area contributed by atoms with Gasteiger partial charge in [0.15, 0.2) is 0 Å². The number of aromatic nitrogens is 2. The van der Waals surface area contributed by atoms with Crippen LogP contribution < -0.4 is 0 Å². The first kappa shape index (κ1) is 13.7. The van der Waals surface area contributed by atoms with Crippen LogP contribution in [0, 0.1) is 11.3 Å². The van der Waals surface area contributed by atoms with Crippen molar-refractivity contribution in [3.8, 4) is 17.5 Å². The predicted octanol–water partition coefficient (Wildman–Crippen LogP) is 2.00. The molecule has 108 valence electrons. The van der Waals surface area contributed by atoms with Crippen LogP contribution in [0.15, 0.2) is 28.8 Å². The zero-order chi connectivity index (χ0) is 14.7. The Morgan fingerprint density at radius 1 is 1.48 bits per heavy atom. The van der Waals surface area contributed by atoms with Crippen LogP contribution in [-0.2, 0) is 4.74 Å². The molecule has 21 heavy (non-hydrogen) atoms. The van der Waals surface area contributed by atoms with E-state index in [4.69, 9.17) is 14.5 Å². The lowest BCUT2D eigenvalue weighted by molar-refractivity contribution is -0.0334. The highest BCUT2D eigenvalue weighted by Crippen LogP contribution is 2.24. The number of benzene rings is 1. The quantitative estimate of drug-likeness (QED) is 0.858. The zero-order valence-corrected chi connectivity index (χ0v) is 11.8. The topological polar surface area (TPSA) is 75.2 Å². The molecule has 0 bridgehead atoms. The molecule has 6 nitrogen and oxygen atoms in total. The Bertz CT molecular complexity index is 662. The van der Waals surface area contributed by atoms with Crippen molar-refractivity contribution < 1.29 is 9.26 Å². The van der Waals surface area contributed by atoms with Gasteiger partial charge in [0.1, 0.15) is 6.10 Å². The Hall–Kier alpha value is -2.23. The second-order valence-electron chi connectivity index (χ2n) is 4.90. The van der Waals surface area contributed by atoms with E-state index >= 15 is 0 Å². The first-order valence-electron chi connectivity index (χ1n) is 6.98. The van der Waals surface area contributed by atoms with E-state index < -0.39 is 0 Å². The molecule has 0 amide bonds. The van der Waals surface area contributed by atoms with E-state index in [0.29, 0.717) is 23.9 Å². The minimum Gasteiger partial charge on any atom is -0.367 e. The Kier molecular flexibility index (Phi) is 3.95. The minimum absolute atomic E-state index is 0.157. The van der Waals surface area contributed by atoms with Gasteiger partial charge in [-0.2, -0.15) is 10.2 Å². The highest BCUT2D eigenvalue weighted by Gasteiger charge is 2.25. The Balaban J connectivity index is 1.81. The van der Waals surface area contributed by atoms with Gasteiger partial charge in [0.25, 0.3) is 5.89 Å². The van der Waals surface area contributed by atoms with Crippen LogP contribution in [0.5, 0.6) is 0 Å². The number of hydrogen-bond acceptors (Lipinski definition) is 6. The SMILES string of the molecule is CCN1CCOC(c2noc(-c3cccc(C#N)c3)n2)C1. The van der Waals surface area contributed by atoms with Gasteiger partial charge in [-0.3, -0.25) is 4.90 Å². The molecular weight excluding hydrogens is 268 g/mol. The number of morpholine rings is 1. The first-order chi connectivity index (χ1) is 10.3. The van der Waals surface area contributed by atoms with E-state index in [1.807, 2.05) is 6.07 Å². The maximum absolute atomic E-state index is 8.93. The molecule has 0 spiro atoms. The molecule has 0 aliphatic carbocycles. The summed E-state index contributed by atoms with van der Waals surface area (Å²) in [6, 6.07) is 9.22. The molecule has 2 aromatic rings. The lowest BCUT2D eigenvalue weighted by atomic mass is 10.1. The van der Waals surface area contributed by atoms with E-state index in [1.165, 1.54) is 0 Å². The van der Waals surface area contributed by atoms with Crippen LogP contribution in [0.2, 0.25) is 0 Å². The zero-order valence-electron chi connectivity index (χ0n) is 11.8. The van der Waals surface area contributed by atoms with Crippen molar-refractivity contribution in [2.45, 2.75) is 13.0 Å². The molecule has 1 aliphatic rings. The van der Waals surface area contributed by atoms with E-state index in [2.05, 4.69) is 28.0 Å². The van der Waals surface area contributed by atoms with Gasteiger partial charge in [-0.05, 0) is 24.7 Å². The molecule has 1 unspecified atom stereocenters. The Labute approximate surface area is 122 Å². The molecule has 1 aromatic heterocycles. The molecule has 1 aromatic carbocycles. The van der Waals surface area contributed by atoms with Crippen LogP contribution in [-0.4, -0.2) is 41.3 Å². The minimum atomic E-state index is -0.157. The van der Waals surface area contributed by atoms with Crippen molar-refractivity contribution in [1.29, 1.82) is 5.26 Å². The number of rotatable bonds is 3. The van der Waals surface area contributed by atoms with Gasteiger partial charge < -0.3 is 9.26 Å². The van der Waals surface area contributed by atoms with Crippen LogP contribution in [0.1, 0.15) is 24.4 Å². The molecule has 1 atom stereocenters. The normalized spacial score (nSPS) is 19.3.